The Morgan fingerprint density at radius 1 is 1.06 bits per heavy atom. The molecule has 3 atom stereocenters. The van der Waals surface area contributed by atoms with Crippen LogP contribution in [-0.4, -0.2) is 77.9 Å². The Bertz CT molecular complexity index is 700. The maximum absolute atomic E-state index is 13.6. The van der Waals surface area contributed by atoms with Crippen LogP contribution in [0.15, 0.2) is 0 Å². The first-order valence-corrected chi connectivity index (χ1v) is 11.9. The van der Waals surface area contributed by atoms with Gasteiger partial charge in [-0.25, -0.2) is 9.59 Å². The Hall–Kier alpha value is -1.83. The van der Waals surface area contributed by atoms with Gasteiger partial charge in [0.2, 0.25) is 0 Å². The van der Waals surface area contributed by atoms with Gasteiger partial charge in [0.15, 0.2) is 0 Å². The van der Waals surface area contributed by atoms with Crippen LogP contribution >= 0.6 is 0 Å². The third kappa shape index (κ3) is 5.74. The van der Waals surface area contributed by atoms with E-state index in [1.54, 1.807) is 20.8 Å². The predicted octanol–water partition coefficient (Wildman–Crippen LogP) is 3.51. The third-order valence-electron chi connectivity index (χ3n) is 6.94. The van der Waals surface area contributed by atoms with Gasteiger partial charge in [-0.3, -0.25) is 9.69 Å². The van der Waals surface area contributed by atoms with E-state index < -0.39 is 29.8 Å². The molecule has 2 amide bonds. The standard InChI is InChI=1S/C24H40N2O6/c1-23(2,3)32-22(29)25-15-17(14-18(25)21(28)30-6)26(20(27)19-8-7-13-31-19)16-9-11-24(4,5)12-10-16/h16-19H,7-15H2,1-6H3/t17-,18-,19-/m0/s1. The molecule has 3 aliphatic rings. The van der Waals surface area contributed by atoms with Gasteiger partial charge in [-0.15, -0.1) is 0 Å². The van der Waals surface area contributed by atoms with Crippen molar-refractivity contribution in [2.24, 2.45) is 5.41 Å². The van der Waals surface area contributed by atoms with Crippen LogP contribution in [0.2, 0.25) is 0 Å². The van der Waals surface area contributed by atoms with E-state index in [1.165, 1.54) is 12.0 Å². The molecule has 0 aromatic rings. The highest BCUT2D eigenvalue weighted by molar-refractivity contribution is 5.84. The van der Waals surface area contributed by atoms with E-state index in [2.05, 4.69) is 13.8 Å². The smallest absolute Gasteiger partial charge is 0.411 e. The van der Waals surface area contributed by atoms with Crippen LogP contribution in [0.5, 0.6) is 0 Å². The van der Waals surface area contributed by atoms with Gasteiger partial charge >= 0.3 is 12.1 Å². The Balaban J connectivity index is 1.85. The number of carbonyl (C=O) groups is 3. The van der Waals surface area contributed by atoms with Gasteiger partial charge in [0.05, 0.1) is 13.2 Å². The summed E-state index contributed by atoms with van der Waals surface area (Å²) in [7, 11) is 1.32. The summed E-state index contributed by atoms with van der Waals surface area (Å²) in [6, 6.07) is -0.948. The highest BCUT2D eigenvalue weighted by atomic mass is 16.6. The molecule has 1 aliphatic carbocycles. The van der Waals surface area contributed by atoms with Crippen molar-refractivity contribution in [1.29, 1.82) is 0 Å². The van der Waals surface area contributed by atoms with Crippen molar-refractivity contribution in [3.63, 3.8) is 0 Å². The van der Waals surface area contributed by atoms with Gasteiger partial charge in [-0.2, -0.15) is 0 Å². The lowest BCUT2D eigenvalue weighted by Gasteiger charge is -2.43. The number of esters is 1. The van der Waals surface area contributed by atoms with Crippen LogP contribution < -0.4 is 0 Å². The molecule has 0 N–H and O–H groups in total. The Labute approximate surface area is 191 Å². The molecule has 2 saturated heterocycles. The van der Waals surface area contributed by atoms with Crippen LogP contribution in [0.25, 0.3) is 0 Å². The summed E-state index contributed by atoms with van der Waals surface area (Å²) in [4.78, 5) is 42.4. The summed E-state index contributed by atoms with van der Waals surface area (Å²) < 4.78 is 16.3. The second-order valence-corrected chi connectivity index (χ2v) is 11.2. The summed E-state index contributed by atoms with van der Waals surface area (Å²) in [5, 5.41) is 0. The number of carbonyl (C=O) groups excluding carboxylic acids is 3. The molecule has 8 heteroatoms. The molecule has 0 spiro atoms. The van der Waals surface area contributed by atoms with Gasteiger partial charge in [-0.05, 0) is 64.7 Å². The second kappa shape index (κ2) is 9.57. The van der Waals surface area contributed by atoms with Crippen molar-refractivity contribution in [2.45, 2.75) is 109 Å². The fourth-order valence-corrected chi connectivity index (χ4v) is 5.16. The normalized spacial score (nSPS) is 28.4. The quantitative estimate of drug-likeness (QED) is 0.607. The fourth-order valence-electron chi connectivity index (χ4n) is 5.16. The molecule has 182 valence electrons. The number of hydrogen-bond donors (Lipinski definition) is 0. The Morgan fingerprint density at radius 3 is 2.25 bits per heavy atom. The third-order valence-corrected chi connectivity index (χ3v) is 6.94. The average Bonchev–Trinajstić information content (AvgIpc) is 3.37. The van der Waals surface area contributed by atoms with Crippen molar-refractivity contribution in [3.05, 3.63) is 0 Å². The van der Waals surface area contributed by atoms with Gasteiger partial charge in [0, 0.05) is 25.6 Å². The lowest BCUT2D eigenvalue weighted by Crippen LogP contribution is -2.53. The van der Waals surface area contributed by atoms with Gasteiger partial charge < -0.3 is 19.1 Å². The fraction of sp³-hybridized carbons (Fsp3) is 0.875. The topological polar surface area (TPSA) is 85.4 Å². The maximum atomic E-state index is 13.6. The molecule has 8 nitrogen and oxygen atoms in total. The molecule has 2 heterocycles. The molecule has 0 bridgehead atoms. The number of likely N-dealkylation sites (tertiary alicyclic amines) is 1. The molecule has 3 fully saturated rings. The Morgan fingerprint density at radius 2 is 1.72 bits per heavy atom. The van der Waals surface area contributed by atoms with E-state index in [1.807, 2.05) is 4.90 Å². The van der Waals surface area contributed by atoms with E-state index in [-0.39, 0.29) is 30.0 Å². The first kappa shape index (κ1) is 24.8. The molecular formula is C24H40N2O6. The molecule has 0 aromatic heterocycles. The van der Waals surface area contributed by atoms with Gasteiger partial charge in [0.1, 0.15) is 17.7 Å². The number of rotatable bonds is 4. The maximum Gasteiger partial charge on any atom is 0.411 e. The van der Waals surface area contributed by atoms with Crippen molar-refractivity contribution in [2.75, 3.05) is 20.3 Å². The SMILES string of the molecule is COC(=O)[C@@H]1C[C@H](N(C(=O)[C@@H]2CCCO2)C2CCC(C)(C)CC2)CN1C(=O)OC(C)(C)C. The summed E-state index contributed by atoms with van der Waals surface area (Å²) in [6.45, 7) is 10.8. The van der Waals surface area contributed by atoms with Crippen molar-refractivity contribution >= 4 is 18.0 Å². The first-order chi connectivity index (χ1) is 14.9. The molecule has 3 rings (SSSR count). The largest absolute Gasteiger partial charge is 0.467 e. The molecule has 0 unspecified atom stereocenters. The zero-order chi connectivity index (χ0) is 23.7. The average molecular weight is 453 g/mol. The number of methoxy groups -OCH3 is 1. The minimum atomic E-state index is -0.764. The summed E-state index contributed by atoms with van der Waals surface area (Å²) >= 11 is 0. The highest BCUT2D eigenvalue weighted by Gasteiger charge is 2.48. The number of amides is 2. The second-order valence-electron chi connectivity index (χ2n) is 11.2. The lowest BCUT2D eigenvalue weighted by molar-refractivity contribution is -0.148. The number of ether oxygens (including phenoxy) is 3. The van der Waals surface area contributed by atoms with E-state index in [0.29, 0.717) is 13.0 Å². The highest BCUT2D eigenvalue weighted by Crippen LogP contribution is 2.39. The minimum Gasteiger partial charge on any atom is -0.467 e. The molecular weight excluding hydrogens is 412 g/mol. The number of nitrogens with zero attached hydrogens (tertiary/aromatic N) is 2. The van der Waals surface area contributed by atoms with Crippen LogP contribution in [-0.2, 0) is 23.8 Å². The van der Waals surface area contributed by atoms with E-state index >= 15 is 0 Å². The van der Waals surface area contributed by atoms with E-state index in [9.17, 15) is 14.4 Å². The molecule has 2 aliphatic heterocycles. The summed E-state index contributed by atoms with van der Waals surface area (Å²) in [6.07, 6.45) is 4.87. The van der Waals surface area contributed by atoms with Crippen molar-refractivity contribution in [1.82, 2.24) is 9.80 Å². The first-order valence-electron chi connectivity index (χ1n) is 11.9. The van der Waals surface area contributed by atoms with Crippen LogP contribution in [0, 0.1) is 5.41 Å². The summed E-state index contributed by atoms with van der Waals surface area (Å²) in [5.41, 5.74) is -0.417. The number of hydrogen-bond acceptors (Lipinski definition) is 6. The monoisotopic (exact) mass is 452 g/mol. The minimum absolute atomic E-state index is 0.00754. The summed E-state index contributed by atoms with van der Waals surface area (Å²) in [5.74, 6) is -0.487. The molecule has 1 saturated carbocycles. The van der Waals surface area contributed by atoms with Crippen LogP contribution in [0.1, 0.15) is 79.6 Å². The predicted molar refractivity (Wildman–Crippen MR) is 119 cm³/mol. The molecule has 32 heavy (non-hydrogen) atoms. The zero-order valence-corrected chi connectivity index (χ0v) is 20.5. The molecule has 0 aromatic carbocycles. The Kier molecular flexibility index (Phi) is 7.42. The van der Waals surface area contributed by atoms with Crippen molar-refractivity contribution < 1.29 is 28.6 Å². The molecule has 0 radical (unpaired) electrons. The van der Waals surface area contributed by atoms with Gasteiger partial charge in [0.25, 0.3) is 5.91 Å². The lowest BCUT2D eigenvalue weighted by atomic mass is 9.75. The van der Waals surface area contributed by atoms with Crippen LogP contribution in [0.4, 0.5) is 4.79 Å². The van der Waals surface area contributed by atoms with E-state index in [0.717, 1.165) is 38.5 Å². The van der Waals surface area contributed by atoms with Gasteiger partial charge in [-0.1, -0.05) is 13.8 Å². The van der Waals surface area contributed by atoms with Crippen molar-refractivity contribution in [3.8, 4) is 0 Å². The van der Waals surface area contributed by atoms with Crippen LogP contribution in [0.3, 0.4) is 0 Å². The zero-order valence-electron chi connectivity index (χ0n) is 20.5. The van der Waals surface area contributed by atoms with E-state index in [4.69, 9.17) is 14.2 Å².